The lowest BCUT2D eigenvalue weighted by atomic mass is 9.88. The molecule has 1 saturated heterocycles. The normalized spacial score (nSPS) is 30.5. The molecule has 5 heteroatoms. The van der Waals surface area contributed by atoms with Crippen LogP contribution in [0.5, 0.6) is 0 Å². The maximum atomic E-state index is 11.5. The SMILES string of the molecule is C=CC1OC(C=C)C(C(=O)OC)C1C.O=C=O. The molecule has 1 rings (SSSR count). The summed E-state index contributed by atoms with van der Waals surface area (Å²) in [5.74, 6) is -0.421. The fraction of sp³-hybridized carbons (Fsp3) is 0.500. The van der Waals surface area contributed by atoms with Gasteiger partial charge >= 0.3 is 12.1 Å². The molecule has 4 unspecified atom stereocenters. The van der Waals surface area contributed by atoms with Crippen molar-refractivity contribution in [2.75, 3.05) is 7.11 Å². The number of carbonyl (C=O) groups is 1. The molecule has 1 fully saturated rings. The van der Waals surface area contributed by atoms with Crippen LogP contribution in [0.3, 0.4) is 0 Å². The van der Waals surface area contributed by atoms with Crippen LogP contribution in [0, 0.1) is 11.8 Å². The molecule has 0 saturated carbocycles. The number of ether oxygens (including phenoxy) is 2. The van der Waals surface area contributed by atoms with Crippen LogP contribution in [-0.4, -0.2) is 31.4 Å². The number of carbonyl (C=O) groups excluding carboxylic acids is 3. The highest BCUT2D eigenvalue weighted by atomic mass is 16.5. The van der Waals surface area contributed by atoms with Crippen molar-refractivity contribution in [2.24, 2.45) is 11.8 Å². The van der Waals surface area contributed by atoms with E-state index in [4.69, 9.17) is 19.1 Å². The Hall–Kier alpha value is -1.71. The van der Waals surface area contributed by atoms with E-state index in [0.29, 0.717) is 0 Å². The molecule has 94 valence electrons. The molecular formula is C12H16O5. The van der Waals surface area contributed by atoms with Crippen LogP contribution in [0.25, 0.3) is 0 Å². The van der Waals surface area contributed by atoms with Crippen molar-refractivity contribution in [3.8, 4) is 0 Å². The van der Waals surface area contributed by atoms with Gasteiger partial charge in [0.05, 0.1) is 25.2 Å². The zero-order valence-electron chi connectivity index (χ0n) is 9.92. The minimum Gasteiger partial charge on any atom is -0.469 e. The van der Waals surface area contributed by atoms with E-state index in [1.807, 2.05) is 6.92 Å². The third-order valence-corrected chi connectivity index (χ3v) is 2.69. The second-order valence-corrected chi connectivity index (χ2v) is 3.53. The maximum absolute atomic E-state index is 11.5. The van der Waals surface area contributed by atoms with Gasteiger partial charge in [-0.15, -0.1) is 13.2 Å². The molecule has 5 nitrogen and oxygen atoms in total. The summed E-state index contributed by atoms with van der Waals surface area (Å²) in [7, 11) is 1.39. The fourth-order valence-electron chi connectivity index (χ4n) is 1.85. The summed E-state index contributed by atoms with van der Waals surface area (Å²) in [6.45, 7) is 9.27. The van der Waals surface area contributed by atoms with E-state index in [-0.39, 0.29) is 36.2 Å². The van der Waals surface area contributed by atoms with Gasteiger partial charge in [-0.05, 0) is 0 Å². The Labute approximate surface area is 100 Å². The number of esters is 1. The first-order valence-corrected chi connectivity index (χ1v) is 5.05. The summed E-state index contributed by atoms with van der Waals surface area (Å²) >= 11 is 0. The summed E-state index contributed by atoms with van der Waals surface area (Å²) in [4.78, 5) is 27.7. The van der Waals surface area contributed by atoms with Crippen LogP contribution in [0.1, 0.15) is 6.92 Å². The minimum atomic E-state index is -0.263. The van der Waals surface area contributed by atoms with Gasteiger partial charge in [-0.3, -0.25) is 4.79 Å². The average Bonchev–Trinajstić information content (AvgIpc) is 2.65. The van der Waals surface area contributed by atoms with Gasteiger partial charge in [0, 0.05) is 5.92 Å². The van der Waals surface area contributed by atoms with E-state index in [1.54, 1.807) is 12.2 Å². The van der Waals surface area contributed by atoms with Crippen LogP contribution in [0.4, 0.5) is 0 Å². The van der Waals surface area contributed by atoms with Crippen molar-refractivity contribution in [1.82, 2.24) is 0 Å². The van der Waals surface area contributed by atoms with E-state index in [1.165, 1.54) is 7.11 Å². The highest BCUT2D eigenvalue weighted by Crippen LogP contribution is 2.34. The van der Waals surface area contributed by atoms with Crippen molar-refractivity contribution in [3.05, 3.63) is 25.3 Å². The summed E-state index contributed by atoms with van der Waals surface area (Å²) in [6.07, 6.45) is 3.24. The molecule has 1 aliphatic rings. The van der Waals surface area contributed by atoms with Gasteiger partial charge in [-0.2, -0.15) is 9.59 Å². The summed E-state index contributed by atoms with van der Waals surface area (Å²) in [6, 6.07) is 0. The van der Waals surface area contributed by atoms with Crippen molar-refractivity contribution >= 4 is 12.1 Å². The van der Waals surface area contributed by atoms with Gasteiger partial charge in [0.1, 0.15) is 0 Å². The van der Waals surface area contributed by atoms with Crippen molar-refractivity contribution in [3.63, 3.8) is 0 Å². The lowest BCUT2D eigenvalue weighted by Crippen LogP contribution is -2.28. The molecule has 0 aromatic carbocycles. The lowest BCUT2D eigenvalue weighted by molar-refractivity contribution is -0.191. The molecule has 1 aliphatic heterocycles. The number of hydrogen-bond acceptors (Lipinski definition) is 5. The average molecular weight is 240 g/mol. The van der Waals surface area contributed by atoms with Crippen molar-refractivity contribution in [1.29, 1.82) is 0 Å². The van der Waals surface area contributed by atoms with E-state index in [2.05, 4.69) is 13.2 Å². The van der Waals surface area contributed by atoms with E-state index < -0.39 is 0 Å². The Morgan fingerprint density at radius 1 is 1.29 bits per heavy atom. The van der Waals surface area contributed by atoms with Gasteiger partial charge in [0.2, 0.25) is 0 Å². The van der Waals surface area contributed by atoms with Crippen LogP contribution < -0.4 is 0 Å². The predicted molar refractivity (Wildman–Crippen MR) is 58.7 cm³/mol. The van der Waals surface area contributed by atoms with Crippen molar-refractivity contribution < 1.29 is 23.9 Å². The van der Waals surface area contributed by atoms with Gasteiger partial charge in [0.15, 0.2) is 0 Å². The predicted octanol–water partition coefficient (Wildman–Crippen LogP) is 0.968. The molecule has 0 spiro atoms. The van der Waals surface area contributed by atoms with E-state index >= 15 is 0 Å². The van der Waals surface area contributed by atoms with Crippen LogP contribution in [-0.2, 0) is 23.9 Å². The molecule has 4 atom stereocenters. The molecule has 1 heterocycles. The zero-order chi connectivity index (χ0) is 13.4. The zero-order valence-corrected chi connectivity index (χ0v) is 9.92. The Kier molecular flexibility index (Phi) is 6.79. The molecule has 0 aromatic rings. The number of methoxy groups -OCH3 is 1. The minimum absolute atomic E-state index is 0.0861. The third-order valence-electron chi connectivity index (χ3n) is 2.69. The topological polar surface area (TPSA) is 69.7 Å². The van der Waals surface area contributed by atoms with Crippen LogP contribution >= 0.6 is 0 Å². The standard InChI is InChI=1S/C11H16O3.CO2/c1-5-8-7(3)10(11(12)13-4)9(6-2)14-8;2-1-3/h5-10H,1-2H2,3-4H3;. The van der Waals surface area contributed by atoms with E-state index in [0.717, 1.165) is 0 Å². The van der Waals surface area contributed by atoms with Gasteiger partial charge in [-0.25, -0.2) is 0 Å². The number of hydrogen-bond donors (Lipinski definition) is 0. The van der Waals surface area contributed by atoms with Gasteiger partial charge in [-0.1, -0.05) is 19.1 Å². The Morgan fingerprint density at radius 2 is 1.76 bits per heavy atom. The van der Waals surface area contributed by atoms with Gasteiger partial charge < -0.3 is 9.47 Å². The highest BCUT2D eigenvalue weighted by molar-refractivity contribution is 5.74. The molecular weight excluding hydrogens is 224 g/mol. The summed E-state index contributed by atoms with van der Waals surface area (Å²) in [5, 5.41) is 0. The van der Waals surface area contributed by atoms with Crippen LogP contribution in [0.2, 0.25) is 0 Å². The van der Waals surface area contributed by atoms with Gasteiger partial charge in [0.25, 0.3) is 0 Å². The monoisotopic (exact) mass is 240 g/mol. The largest absolute Gasteiger partial charge is 0.469 e. The second-order valence-electron chi connectivity index (χ2n) is 3.53. The first-order valence-electron chi connectivity index (χ1n) is 5.05. The first kappa shape index (κ1) is 15.3. The third kappa shape index (κ3) is 3.66. The van der Waals surface area contributed by atoms with Crippen LogP contribution in [0.15, 0.2) is 25.3 Å². The number of rotatable bonds is 3. The molecule has 0 N–H and O–H groups in total. The Bertz CT molecular complexity index is 317. The Morgan fingerprint density at radius 3 is 2.12 bits per heavy atom. The van der Waals surface area contributed by atoms with Crippen molar-refractivity contribution in [2.45, 2.75) is 19.1 Å². The highest BCUT2D eigenvalue weighted by Gasteiger charge is 2.43. The molecule has 17 heavy (non-hydrogen) atoms. The summed E-state index contributed by atoms with van der Waals surface area (Å²) in [5.41, 5.74) is 0. The maximum Gasteiger partial charge on any atom is 0.373 e. The molecule has 0 radical (unpaired) electrons. The fourth-order valence-corrected chi connectivity index (χ4v) is 1.85. The van der Waals surface area contributed by atoms with E-state index in [9.17, 15) is 4.79 Å². The summed E-state index contributed by atoms with van der Waals surface area (Å²) < 4.78 is 10.3. The lowest BCUT2D eigenvalue weighted by Gasteiger charge is -2.15. The quantitative estimate of drug-likeness (QED) is 0.543. The molecule has 0 amide bonds. The Balaban J connectivity index is 0.000000770. The second kappa shape index (κ2) is 7.54. The first-order chi connectivity index (χ1) is 8.06. The molecule has 0 aromatic heterocycles. The molecule has 0 bridgehead atoms. The smallest absolute Gasteiger partial charge is 0.373 e. The molecule has 0 aliphatic carbocycles.